The van der Waals surface area contributed by atoms with Crippen LogP contribution in [0.25, 0.3) is 11.2 Å². The molecular formula is C13H16N2O4. The van der Waals surface area contributed by atoms with Gasteiger partial charge in [0.05, 0.1) is 13.2 Å². The van der Waals surface area contributed by atoms with E-state index in [0.717, 1.165) is 25.9 Å². The maximum atomic E-state index is 11.7. The fourth-order valence-corrected chi connectivity index (χ4v) is 2.22. The summed E-state index contributed by atoms with van der Waals surface area (Å²) in [7, 11) is 0. The first kappa shape index (κ1) is 12.4. The van der Waals surface area contributed by atoms with Crippen molar-refractivity contribution in [2.75, 3.05) is 13.2 Å². The second kappa shape index (κ2) is 5.54. The number of nitrogens with zero attached hydrogens (tertiary/aromatic N) is 2. The minimum absolute atomic E-state index is 0.143. The lowest BCUT2D eigenvalue weighted by atomic mass is 10.2. The molecule has 0 saturated carbocycles. The quantitative estimate of drug-likeness (QED) is 0.837. The predicted molar refractivity (Wildman–Crippen MR) is 67.8 cm³/mol. The van der Waals surface area contributed by atoms with E-state index in [1.807, 2.05) is 0 Å². The summed E-state index contributed by atoms with van der Waals surface area (Å²) in [6.45, 7) is 1.58. The Balaban J connectivity index is 1.65. The lowest BCUT2D eigenvalue weighted by Gasteiger charge is -2.22. The smallest absolute Gasteiger partial charge is 0.406 e. The summed E-state index contributed by atoms with van der Waals surface area (Å²) < 4.78 is 17.7. The van der Waals surface area contributed by atoms with E-state index in [4.69, 9.17) is 13.9 Å². The van der Waals surface area contributed by atoms with Gasteiger partial charge in [0.25, 0.3) is 0 Å². The summed E-state index contributed by atoms with van der Waals surface area (Å²) in [5.74, 6) is -0.401. The second-order valence-corrected chi connectivity index (χ2v) is 4.51. The number of hydrogen-bond acceptors (Lipinski definition) is 5. The van der Waals surface area contributed by atoms with Gasteiger partial charge in [-0.2, -0.15) is 0 Å². The molecule has 6 heteroatoms. The molecule has 3 heterocycles. The fraction of sp³-hybridized carbons (Fsp3) is 0.538. The molecule has 2 aromatic rings. The third kappa shape index (κ3) is 2.69. The van der Waals surface area contributed by atoms with Crippen LogP contribution in [0.3, 0.4) is 0 Å². The lowest BCUT2D eigenvalue weighted by Crippen LogP contribution is -2.25. The van der Waals surface area contributed by atoms with E-state index in [1.54, 1.807) is 18.3 Å². The number of hydrogen-bond donors (Lipinski definition) is 0. The van der Waals surface area contributed by atoms with Crippen LogP contribution in [0, 0.1) is 0 Å². The van der Waals surface area contributed by atoms with Gasteiger partial charge in [0.1, 0.15) is 0 Å². The Morgan fingerprint density at radius 1 is 1.47 bits per heavy atom. The molecule has 1 atom stereocenters. The Labute approximate surface area is 109 Å². The van der Waals surface area contributed by atoms with E-state index in [2.05, 4.69) is 4.98 Å². The van der Waals surface area contributed by atoms with Crippen LogP contribution in [0.4, 0.5) is 0 Å². The molecule has 1 aliphatic heterocycles. The number of pyridine rings is 1. The third-order valence-corrected chi connectivity index (χ3v) is 3.18. The Kier molecular flexibility index (Phi) is 3.61. The molecule has 0 spiro atoms. The SMILES string of the molecule is O=c1oc2cccnc2n1CCO[C@H]1CCCCO1. The summed E-state index contributed by atoms with van der Waals surface area (Å²) in [4.78, 5) is 15.8. The zero-order valence-corrected chi connectivity index (χ0v) is 10.6. The summed E-state index contributed by atoms with van der Waals surface area (Å²) in [6.07, 6.45) is 4.63. The van der Waals surface area contributed by atoms with Crippen LogP contribution in [0.5, 0.6) is 0 Å². The molecule has 0 aliphatic carbocycles. The minimum atomic E-state index is -0.401. The van der Waals surface area contributed by atoms with Gasteiger partial charge in [-0.15, -0.1) is 0 Å². The molecule has 0 N–H and O–H groups in total. The van der Waals surface area contributed by atoms with E-state index < -0.39 is 5.76 Å². The highest BCUT2D eigenvalue weighted by atomic mass is 16.7. The van der Waals surface area contributed by atoms with Crippen molar-refractivity contribution < 1.29 is 13.9 Å². The number of aromatic nitrogens is 2. The molecule has 6 nitrogen and oxygen atoms in total. The molecule has 1 fully saturated rings. The molecule has 3 rings (SSSR count). The summed E-state index contributed by atoms with van der Waals surface area (Å²) in [6, 6.07) is 3.47. The Bertz CT molecular complexity index is 598. The van der Waals surface area contributed by atoms with E-state index in [-0.39, 0.29) is 6.29 Å². The third-order valence-electron chi connectivity index (χ3n) is 3.18. The van der Waals surface area contributed by atoms with Crippen molar-refractivity contribution in [3.8, 4) is 0 Å². The van der Waals surface area contributed by atoms with Gasteiger partial charge in [0.2, 0.25) is 0 Å². The van der Waals surface area contributed by atoms with Crippen LogP contribution in [0.15, 0.2) is 27.5 Å². The summed E-state index contributed by atoms with van der Waals surface area (Å²) >= 11 is 0. The van der Waals surface area contributed by atoms with Crippen molar-refractivity contribution in [3.63, 3.8) is 0 Å². The molecule has 2 aromatic heterocycles. The Hall–Kier alpha value is -1.66. The van der Waals surface area contributed by atoms with Gasteiger partial charge in [-0.05, 0) is 31.4 Å². The highest BCUT2D eigenvalue weighted by molar-refractivity contribution is 5.67. The van der Waals surface area contributed by atoms with Crippen molar-refractivity contribution >= 4 is 11.2 Å². The number of rotatable bonds is 4. The van der Waals surface area contributed by atoms with E-state index >= 15 is 0 Å². The van der Waals surface area contributed by atoms with E-state index in [9.17, 15) is 4.79 Å². The maximum absolute atomic E-state index is 11.7. The number of oxazole rings is 1. The normalized spacial score (nSPS) is 19.9. The Morgan fingerprint density at radius 2 is 2.42 bits per heavy atom. The van der Waals surface area contributed by atoms with Crippen LogP contribution in [0.1, 0.15) is 19.3 Å². The van der Waals surface area contributed by atoms with Crippen molar-refractivity contribution in [2.24, 2.45) is 0 Å². The first-order valence-corrected chi connectivity index (χ1v) is 6.52. The molecule has 0 aromatic carbocycles. The number of fused-ring (bicyclic) bond motifs is 1. The van der Waals surface area contributed by atoms with Gasteiger partial charge >= 0.3 is 5.76 Å². The first-order valence-electron chi connectivity index (χ1n) is 6.52. The lowest BCUT2D eigenvalue weighted by molar-refractivity contribution is -0.163. The largest absolute Gasteiger partial charge is 0.421 e. The van der Waals surface area contributed by atoms with Crippen molar-refractivity contribution in [2.45, 2.75) is 32.1 Å². The van der Waals surface area contributed by atoms with Crippen molar-refractivity contribution in [1.29, 1.82) is 0 Å². The van der Waals surface area contributed by atoms with Gasteiger partial charge in [0.15, 0.2) is 17.5 Å². The predicted octanol–water partition coefficient (Wildman–Crippen LogP) is 1.53. The zero-order valence-electron chi connectivity index (χ0n) is 10.6. The van der Waals surface area contributed by atoms with Crippen molar-refractivity contribution in [1.82, 2.24) is 9.55 Å². The second-order valence-electron chi connectivity index (χ2n) is 4.51. The van der Waals surface area contributed by atoms with E-state index in [0.29, 0.717) is 24.4 Å². The molecule has 102 valence electrons. The monoisotopic (exact) mass is 264 g/mol. The molecule has 0 unspecified atom stereocenters. The first-order chi connectivity index (χ1) is 9.34. The van der Waals surface area contributed by atoms with Gasteiger partial charge in [-0.25, -0.2) is 9.78 Å². The maximum Gasteiger partial charge on any atom is 0.421 e. The molecule has 1 aliphatic rings. The van der Waals surface area contributed by atoms with Gasteiger partial charge < -0.3 is 13.9 Å². The van der Waals surface area contributed by atoms with E-state index in [1.165, 1.54) is 4.57 Å². The van der Waals surface area contributed by atoms with Crippen LogP contribution in [-0.4, -0.2) is 29.1 Å². The molecule has 19 heavy (non-hydrogen) atoms. The fourth-order valence-electron chi connectivity index (χ4n) is 2.22. The van der Waals surface area contributed by atoms with Crippen LogP contribution < -0.4 is 5.76 Å². The molecule has 0 radical (unpaired) electrons. The van der Waals surface area contributed by atoms with Crippen LogP contribution >= 0.6 is 0 Å². The van der Waals surface area contributed by atoms with Crippen LogP contribution in [0.2, 0.25) is 0 Å². The average molecular weight is 264 g/mol. The standard InChI is InChI=1S/C13H16N2O4/c16-13-15(12-10(19-13)4-3-6-14-12)7-9-18-11-5-1-2-8-17-11/h3-4,6,11H,1-2,5,7-9H2/t11-/m0/s1. The van der Waals surface area contributed by atoms with Crippen LogP contribution in [-0.2, 0) is 16.0 Å². The average Bonchev–Trinajstić information content (AvgIpc) is 2.76. The number of ether oxygens (including phenoxy) is 2. The van der Waals surface area contributed by atoms with Gasteiger partial charge in [-0.3, -0.25) is 4.57 Å². The van der Waals surface area contributed by atoms with Crippen molar-refractivity contribution in [3.05, 3.63) is 28.9 Å². The summed E-state index contributed by atoms with van der Waals surface area (Å²) in [5.41, 5.74) is 1.06. The highest BCUT2D eigenvalue weighted by Gasteiger charge is 2.15. The molecular weight excluding hydrogens is 248 g/mol. The topological polar surface area (TPSA) is 66.5 Å². The molecule has 0 amide bonds. The minimum Gasteiger partial charge on any atom is -0.406 e. The summed E-state index contributed by atoms with van der Waals surface area (Å²) in [5, 5.41) is 0. The highest BCUT2D eigenvalue weighted by Crippen LogP contribution is 2.14. The Morgan fingerprint density at radius 3 is 3.26 bits per heavy atom. The molecule has 0 bridgehead atoms. The molecule has 1 saturated heterocycles. The zero-order chi connectivity index (χ0) is 13.1. The van der Waals surface area contributed by atoms with Gasteiger partial charge in [0, 0.05) is 12.8 Å². The van der Waals surface area contributed by atoms with Gasteiger partial charge in [-0.1, -0.05) is 0 Å².